The van der Waals surface area contributed by atoms with Crippen LogP contribution in [0.15, 0.2) is 41.6 Å². The first-order valence-electron chi connectivity index (χ1n) is 13.6. The molecular weight excluding hydrogens is 534 g/mol. The van der Waals surface area contributed by atoms with Crippen LogP contribution in [-0.4, -0.2) is 69.7 Å². The number of nitrogens with zero attached hydrogens (tertiary/aromatic N) is 5. The number of carboxylic acid groups (broad SMARTS) is 1. The minimum absolute atomic E-state index is 0.0407. The van der Waals surface area contributed by atoms with Crippen molar-refractivity contribution in [3.8, 4) is 28.1 Å². The van der Waals surface area contributed by atoms with Gasteiger partial charge in [0.2, 0.25) is 10.0 Å². The Kier molecular flexibility index (Phi) is 6.49. The molecule has 1 N–H and O–H groups in total. The van der Waals surface area contributed by atoms with Gasteiger partial charge < -0.3 is 14.9 Å². The van der Waals surface area contributed by atoms with Crippen LogP contribution in [0.1, 0.15) is 61.5 Å². The van der Waals surface area contributed by atoms with Gasteiger partial charge in [0.1, 0.15) is 11.3 Å². The van der Waals surface area contributed by atoms with Crippen molar-refractivity contribution in [2.45, 2.75) is 63.4 Å². The molecule has 0 unspecified atom stereocenters. The van der Waals surface area contributed by atoms with E-state index in [1.807, 2.05) is 35.8 Å². The maximum atomic E-state index is 12.6. The van der Waals surface area contributed by atoms with Crippen LogP contribution in [0, 0.1) is 0 Å². The van der Waals surface area contributed by atoms with Crippen LogP contribution in [0.2, 0.25) is 0 Å². The van der Waals surface area contributed by atoms with Crippen molar-refractivity contribution in [1.82, 2.24) is 18.8 Å². The van der Waals surface area contributed by atoms with Gasteiger partial charge in [-0.05, 0) is 57.2 Å². The number of sulfonamides is 1. The third-order valence-corrected chi connectivity index (χ3v) is 10.6. The summed E-state index contributed by atoms with van der Waals surface area (Å²) >= 11 is 0. The molecule has 2 aromatic heterocycles. The molecule has 0 atom stereocenters. The molecule has 0 amide bonds. The van der Waals surface area contributed by atoms with Gasteiger partial charge in [-0.15, -0.1) is 0 Å². The number of benzene rings is 1. The number of hydrogen-bond acceptors (Lipinski definition) is 7. The third-order valence-electron chi connectivity index (χ3n) is 8.18. The molecule has 1 saturated carbocycles. The standard InChI is InChI=1S/C28H33N5O6S/c1-17(2)32-15-18-10-23(27(39-3)11-22(18)25-12-26(34)24(28(35)36)16-33(25)32)19-13-29-31(14-19)20-6-8-30(9-7-20)40(37,38)21-4-5-21/h10-14,16-17,20-21H,4-9,15H2,1-3H3,(H,35,36). The minimum atomic E-state index is -3.16. The fourth-order valence-electron chi connectivity index (χ4n) is 5.78. The van der Waals surface area contributed by atoms with Crippen LogP contribution in [0.5, 0.6) is 5.75 Å². The van der Waals surface area contributed by atoms with Crippen molar-refractivity contribution < 1.29 is 23.1 Å². The summed E-state index contributed by atoms with van der Waals surface area (Å²) in [5, 5.41) is 16.0. The fraction of sp³-hybridized carbons (Fsp3) is 0.464. The lowest BCUT2D eigenvalue weighted by molar-refractivity contribution is 0.0694. The largest absolute Gasteiger partial charge is 0.496 e. The molecule has 1 aliphatic carbocycles. The van der Waals surface area contributed by atoms with Gasteiger partial charge in [0, 0.05) is 54.3 Å². The summed E-state index contributed by atoms with van der Waals surface area (Å²) < 4.78 is 36.3. The van der Waals surface area contributed by atoms with Gasteiger partial charge in [-0.3, -0.25) is 14.2 Å². The van der Waals surface area contributed by atoms with Crippen molar-refractivity contribution in [2.24, 2.45) is 0 Å². The Morgan fingerprint density at radius 2 is 1.80 bits per heavy atom. The molecule has 1 saturated heterocycles. The average Bonchev–Trinajstić information content (AvgIpc) is 3.69. The molecule has 2 aliphatic heterocycles. The van der Waals surface area contributed by atoms with E-state index >= 15 is 0 Å². The van der Waals surface area contributed by atoms with E-state index in [1.54, 1.807) is 22.3 Å². The molecule has 40 heavy (non-hydrogen) atoms. The van der Waals surface area contributed by atoms with E-state index in [0.29, 0.717) is 43.9 Å². The predicted octanol–water partition coefficient (Wildman–Crippen LogP) is 3.07. The van der Waals surface area contributed by atoms with Crippen LogP contribution in [0.25, 0.3) is 22.4 Å². The molecular formula is C28H33N5O6S. The van der Waals surface area contributed by atoms with Crippen LogP contribution in [0.3, 0.4) is 0 Å². The van der Waals surface area contributed by atoms with Gasteiger partial charge in [-0.1, -0.05) is 0 Å². The van der Waals surface area contributed by atoms with E-state index in [0.717, 1.165) is 35.1 Å². The monoisotopic (exact) mass is 567 g/mol. The zero-order chi connectivity index (χ0) is 28.3. The first-order valence-corrected chi connectivity index (χ1v) is 15.1. The van der Waals surface area contributed by atoms with E-state index in [4.69, 9.17) is 4.74 Å². The summed E-state index contributed by atoms with van der Waals surface area (Å²) in [6, 6.07) is 5.48. The lowest BCUT2D eigenvalue weighted by Crippen LogP contribution is -2.44. The molecule has 4 heterocycles. The van der Waals surface area contributed by atoms with E-state index in [1.165, 1.54) is 12.3 Å². The number of pyridine rings is 1. The molecule has 11 nitrogen and oxygen atoms in total. The summed E-state index contributed by atoms with van der Waals surface area (Å²) in [5.74, 6) is -0.641. The summed E-state index contributed by atoms with van der Waals surface area (Å²) in [4.78, 5) is 24.3. The number of hydrogen-bond donors (Lipinski definition) is 1. The molecule has 12 heteroatoms. The second-order valence-corrected chi connectivity index (χ2v) is 13.3. The Labute approximate surface area is 232 Å². The molecule has 3 aromatic rings. The highest BCUT2D eigenvalue weighted by molar-refractivity contribution is 7.90. The SMILES string of the molecule is COc1cc2c(cc1-c1cnn(C3CCN(S(=O)(=O)C4CC4)CC3)c1)CN(C(C)C)n1cc(C(=O)O)c(=O)cc1-2. The fourth-order valence-corrected chi connectivity index (χ4v) is 7.66. The topological polar surface area (TPSA) is 127 Å². The second-order valence-electron chi connectivity index (χ2n) is 11.1. The number of rotatable bonds is 7. The van der Waals surface area contributed by atoms with Crippen molar-refractivity contribution in [3.05, 3.63) is 58.1 Å². The highest BCUT2D eigenvalue weighted by atomic mass is 32.2. The Morgan fingerprint density at radius 1 is 1.07 bits per heavy atom. The summed E-state index contributed by atoms with van der Waals surface area (Å²) in [6.07, 6.45) is 8.15. The Bertz CT molecular complexity index is 1650. The normalized spacial score (nSPS) is 18.1. The lowest BCUT2D eigenvalue weighted by Gasteiger charge is -2.38. The quantitative estimate of drug-likeness (QED) is 0.462. The number of piperidine rings is 1. The van der Waals surface area contributed by atoms with Gasteiger partial charge in [0.05, 0.1) is 36.8 Å². The molecule has 0 spiro atoms. The maximum absolute atomic E-state index is 12.6. The molecule has 2 fully saturated rings. The molecule has 1 aromatic carbocycles. The minimum Gasteiger partial charge on any atom is -0.496 e. The number of aromatic nitrogens is 3. The van der Waals surface area contributed by atoms with Gasteiger partial charge in [0.15, 0.2) is 5.43 Å². The number of methoxy groups -OCH3 is 1. The van der Waals surface area contributed by atoms with Crippen LogP contribution in [-0.2, 0) is 16.6 Å². The first kappa shape index (κ1) is 26.6. The first-order chi connectivity index (χ1) is 19.1. The van der Waals surface area contributed by atoms with Crippen molar-refractivity contribution in [1.29, 1.82) is 0 Å². The van der Waals surface area contributed by atoms with Crippen LogP contribution in [0.4, 0.5) is 0 Å². The van der Waals surface area contributed by atoms with Crippen LogP contribution >= 0.6 is 0 Å². The molecule has 0 radical (unpaired) electrons. The molecule has 0 bridgehead atoms. The zero-order valence-electron chi connectivity index (χ0n) is 22.8. The Hall–Kier alpha value is -3.64. The highest BCUT2D eigenvalue weighted by Crippen LogP contribution is 2.40. The maximum Gasteiger partial charge on any atom is 0.341 e. The van der Waals surface area contributed by atoms with E-state index in [2.05, 4.69) is 11.2 Å². The lowest BCUT2D eigenvalue weighted by atomic mass is 9.95. The van der Waals surface area contributed by atoms with Gasteiger partial charge in [0.25, 0.3) is 0 Å². The number of fused-ring (bicyclic) bond motifs is 3. The molecule has 3 aliphatic rings. The smallest absolute Gasteiger partial charge is 0.341 e. The summed E-state index contributed by atoms with van der Waals surface area (Å²) in [5.41, 5.74) is 3.33. The Morgan fingerprint density at radius 3 is 2.42 bits per heavy atom. The molecule has 212 valence electrons. The Balaban J connectivity index is 1.32. The number of carboxylic acids is 1. The second kappa shape index (κ2) is 9.77. The van der Waals surface area contributed by atoms with E-state index in [-0.39, 0.29) is 22.9 Å². The van der Waals surface area contributed by atoms with Gasteiger partial charge in [-0.2, -0.15) is 5.10 Å². The summed E-state index contributed by atoms with van der Waals surface area (Å²) in [7, 11) is -1.57. The number of ether oxygens (including phenoxy) is 1. The van der Waals surface area contributed by atoms with E-state index in [9.17, 15) is 23.1 Å². The van der Waals surface area contributed by atoms with Crippen molar-refractivity contribution >= 4 is 16.0 Å². The highest BCUT2D eigenvalue weighted by Gasteiger charge is 2.41. The average molecular weight is 568 g/mol. The zero-order valence-corrected chi connectivity index (χ0v) is 23.6. The third kappa shape index (κ3) is 4.48. The number of carbonyl (C=O) groups is 1. The van der Waals surface area contributed by atoms with Crippen LogP contribution < -0.4 is 15.2 Å². The van der Waals surface area contributed by atoms with Crippen molar-refractivity contribution in [3.63, 3.8) is 0 Å². The summed E-state index contributed by atoms with van der Waals surface area (Å²) in [6.45, 7) is 5.56. The predicted molar refractivity (Wildman–Crippen MR) is 150 cm³/mol. The van der Waals surface area contributed by atoms with Crippen molar-refractivity contribution in [2.75, 3.05) is 25.2 Å². The van der Waals surface area contributed by atoms with Gasteiger partial charge in [-0.25, -0.2) is 17.5 Å². The molecule has 6 rings (SSSR count). The van der Waals surface area contributed by atoms with E-state index < -0.39 is 21.4 Å². The van der Waals surface area contributed by atoms with Gasteiger partial charge >= 0.3 is 5.97 Å². The number of aromatic carboxylic acids is 1.